The van der Waals surface area contributed by atoms with Gasteiger partial charge in [0.05, 0.1) is 13.2 Å². The summed E-state index contributed by atoms with van der Waals surface area (Å²) in [7, 11) is -2.99. The summed E-state index contributed by atoms with van der Waals surface area (Å²) in [6.45, 7) is 10.5. The highest BCUT2D eigenvalue weighted by molar-refractivity contribution is 7.57. The first-order valence-corrected chi connectivity index (χ1v) is 6.64. The molecule has 84 valence electrons. The van der Waals surface area contributed by atoms with Crippen LogP contribution in [0.25, 0.3) is 0 Å². The van der Waals surface area contributed by atoms with Crippen molar-refractivity contribution in [3.8, 4) is 0 Å². The highest BCUT2D eigenvalue weighted by atomic mass is 31.2. The van der Waals surface area contributed by atoms with Crippen LogP contribution in [0.15, 0.2) is 11.4 Å². The van der Waals surface area contributed by atoms with Gasteiger partial charge in [-0.3, -0.25) is 4.57 Å². The van der Waals surface area contributed by atoms with E-state index in [0.29, 0.717) is 19.1 Å². The Balaban J connectivity index is 4.66. The molecule has 0 fully saturated rings. The summed E-state index contributed by atoms with van der Waals surface area (Å²) >= 11 is 0. The van der Waals surface area contributed by atoms with Gasteiger partial charge in [-0.25, -0.2) is 0 Å². The van der Waals surface area contributed by atoms with Crippen molar-refractivity contribution in [2.24, 2.45) is 5.92 Å². The smallest absolute Gasteiger partial charge is 0.306 e. The van der Waals surface area contributed by atoms with E-state index >= 15 is 0 Å². The second-order valence-corrected chi connectivity index (χ2v) is 5.26. The van der Waals surface area contributed by atoms with Gasteiger partial charge in [-0.1, -0.05) is 19.4 Å². The minimum atomic E-state index is -2.99. The van der Waals surface area contributed by atoms with Gasteiger partial charge < -0.3 is 9.05 Å². The molecule has 0 aliphatic carbocycles. The first kappa shape index (κ1) is 13.9. The Morgan fingerprint density at radius 3 is 2.00 bits per heavy atom. The Morgan fingerprint density at radius 2 is 1.71 bits per heavy atom. The summed E-state index contributed by atoms with van der Waals surface area (Å²) in [5.74, 6) is 1.99. The third-order valence-electron chi connectivity index (χ3n) is 1.89. The van der Waals surface area contributed by atoms with Gasteiger partial charge in [-0.2, -0.15) is 0 Å². The van der Waals surface area contributed by atoms with Crippen LogP contribution >= 0.6 is 7.60 Å². The van der Waals surface area contributed by atoms with E-state index in [0.717, 1.165) is 5.57 Å². The van der Waals surface area contributed by atoms with E-state index in [1.165, 1.54) is 0 Å². The molecule has 0 amide bonds. The Hall–Kier alpha value is -0.110. The number of allylic oxidation sites excluding steroid dienone is 1. The molecule has 0 aromatic heterocycles. The lowest BCUT2D eigenvalue weighted by atomic mass is 10.1. The summed E-state index contributed by atoms with van der Waals surface area (Å²) in [6, 6.07) is 0. The van der Waals surface area contributed by atoms with Crippen molar-refractivity contribution in [3.05, 3.63) is 11.4 Å². The molecular weight excluding hydrogens is 199 g/mol. The van der Waals surface area contributed by atoms with Crippen LogP contribution in [-0.4, -0.2) is 13.2 Å². The van der Waals surface area contributed by atoms with Crippen molar-refractivity contribution in [1.82, 2.24) is 0 Å². The maximum Gasteiger partial charge on any atom is 0.354 e. The highest BCUT2D eigenvalue weighted by Gasteiger charge is 2.20. The molecule has 0 aromatic rings. The van der Waals surface area contributed by atoms with Crippen molar-refractivity contribution < 1.29 is 13.6 Å². The first-order chi connectivity index (χ1) is 6.45. The van der Waals surface area contributed by atoms with Gasteiger partial charge in [0, 0.05) is 5.82 Å². The van der Waals surface area contributed by atoms with E-state index in [1.807, 2.05) is 34.6 Å². The summed E-state index contributed by atoms with van der Waals surface area (Å²) in [5, 5.41) is 0. The third kappa shape index (κ3) is 4.94. The number of hydrogen-bond donors (Lipinski definition) is 0. The van der Waals surface area contributed by atoms with Gasteiger partial charge >= 0.3 is 7.60 Å². The van der Waals surface area contributed by atoms with E-state index in [2.05, 4.69) is 0 Å². The lowest BCUT2D eigenvalue weighted by Crippen LogP contribution is -1.96. The minimum Gasteiger partial charge on any atom is -0.306 e. The highest BCUT2D eigenvalue weighted by Crippen LogP contribution is 2.51. The normalized spacial score (nSPS) is 13.7. The zero-order valence-corrected chi connectivity index (χ0v) is 10.6. The SMILES string of the molecule is CCOP(=O)(/C=C(\C)C(C)C)OCC. The summed E-state index contributed by atoms with van der Waals surface area (Å²) < 4.78 is 22.3. The van der Waals surface area contributed by atoms with Crippen molar-refractivity contribution in [3.63, 3.8) is 0 Å². The van der Waals surface area contributed by atoms with E-state index in [-0.39, 0.29) is 0 Å². The van der Waals surface area contributed by atoms with Gasteiger partial charge in [0.15, 0.2) is 0 Å². The third-order valence-corrected chi connectivity index (χ3v) is 3.85. The van der Waals surface area contributed by atoms with Crippen molar-refractivity contribution in [1.29, 1.82) is 0 Å². The molecule has 4 heteroatoms. The number of hydrogen-bond acceptors (Lipinski definition) is 3. The monoisotopic (exact) mass is 220 g/mol. The van der Waals surface area contributed by atoms with E-state index in [9.17, 15) is 4.57 Å². The molecule has 0 saturated carbocycles. The molecule has 0 atom stereocenters. The topological polar surface area (TPSA) is 35.5 Å². The zero-order chi connectivity index (χ0) is 11.2. The summed E-state index contributed by atoms with van der Waals surface area (Å²) in [5.41, 5.74) is 1.04. The molecule has 0 bridgehead atoms. The molecule has 0 N–H and O–H groups in total. The van der Waals surface area contributed by atoms with Gasteiger partial charge in [0.2, 0.25) is 0 Å². The second-order valence-electron chi connectivity index (χ2n) is 3.40. The minimum absolute atomic E-state index is 0.365. The predicted octanol–water partition coefficient (Wildman–Crippen LogP) is 3.81. The molecule has 14 heavy (non-hydrogen) atoms. The largest absolute Gasteiger partial charge is 0.354 e. The van der Waals surface area contributed by atoms with E-state index in [1.54, 1.807) is 5.82 Å². The Kier molecular flexibility index (Phi) is 6.34. The molecule has 0 heterocycles. The average Bonchev–Trinajstić information content (AvgIpc) is 2.04. The first-order valence-electron chi connectivity index (χ1n) is 5.03. The lowest BCUT2D eigenvalue weighted by molar-refractivity contribution is 0.228. The number of rotatable bonds is 6. The predicted molar refractivity (Wildman–Crippen MR) is 59.5 cm³/mol. The van der Waals surface area contributed by atoms with E-state index < -0.39 is 7.60 Å². The van der Waals surface area contributed by atoms with Gasteiger partial charge in [0.25, 0.3) is 0 Å². The zero-order valence-electron chi connectivity index (χ0n) is 9.74. The quantitative estimate of drug-likeness (QED) is 0.638. The molecular formula is C10H21O3P. The van der Waals surface area contributed by atoms with Crippen LogP contribution in [0.5, 0.6) is 0 Å². The average molecular weight is 220 g/mol. The Morgan fingerprint density at radius 1 is 1.29 bits per heavy atom. The van der Waals surface area contributed by atoms with Crippen molar-refractivity contribution >= 4 is 7.60 Å². The molecule has 0 aromatic carbocycles. The van der Waals surface area contributed by atoms with Crippen LogP contribution in [0, 0.1) is 5.92 Å². The maximum absolute atomic E-state index is 12.0. The molecule has 0 radical (unpaired) electrons. The van der Waals surface area contributed by atoms with Crippen LogP contribution in [0.3, 0.4) is 0 Å². The maximum atomic E-state index is 12.0. The molecule has 0 spiro atoms. The van der Waals surface area contributed by atoms with Crippen LogP contribution in [0.1, 0.15) is 34.6 Å². The van der Waals surface area contributed by atoms with Gasteiger partial charge in [-0.05, 0) is 26.7 Å². The fourth-order valence-electron chi connectivity index (χ4n) is 0.870. The van der Waals surface area contributed by atoms with Crippen molar-refractivity contribution in [2.75, 3.05) is 13.2 Å². The van der Waals surface area contributed by atoms with Crippen LogP contribution in [-0.2, 0) is 13.6 Å². The molecule has 0 aliphatic rings. The summed E-state index contributed by atoms with van der Waals surface area (Å²) in [4.78, 5) is 0. The lowest BCUT2D eigenvalue weighted by Gasteiger charge is -2.15. The second kappa shape index (κ2) is 6.39. The van der Waals surface area contributed by atoms with Crippen molar-refractivity contribution in [2.45, 2.75) is 34.6 Å². The fourth-order valence-corrected chi connectivity index (χ4v) is 2.61. The molecule has 0 aliphatic heterocycles. The molecule has 0 unspecified atom stereocenters. The van der Waals surface area contributed by atoms with Crippen LogP contribution < -0.4 is 0 Å². The summed E-state index contributed by atoms with van der Waals surface area (Å²) in [6.07, 6.45) is 0. The van der Waals surface area contributed by atoms with Gasteiger partial charge in [-0.15, -0.1) is 0 Å². The van der Waals surface area contributed by atoms with E-state index in [4.69, 9.17) is 9.05 Å². The fraction of sp³-hybridized carbons (Fsp3) is 0.800. The molecule has 3 nitrogen and oxygen atoms in total. The molecule has 0 saturated heterocycles. The Labute approximate surface area is 87.0 Å². The Bertz CT molecular complexity index is 224. The van der Waals surface area contributed by atoms with Crippen LogP contribution in [0.4, 0.5) is 0 Å². The van der Waals surface area contributed by atoms with Crippen LogP contribution in [0.2, 0.25) is 0 Å². The van der Waals surface area contributed by atoms with Gasteiger partial charge in [0.1, 0.15) is 0 Å². The molecule has 0 rings (SSSR count). The standard InChI is InChI=1S/C10H21O3P/c1-6-12-14(11,13-7-2)8-10(5)9(3)4/h8-9H,6-7H2,1-5H3/b10-8+.